The first-order valence-electron chi connectivity index (χ1n) is 10.8. The van der Waals surface area contributed by atoms with E-state index < -0.39 is 60.6 Å². The van der Waals surface area contributed by atoms with Gasteiger partial charge in [-0.3, -0.25) is 9.69 Å². The van der Waals surface area contributed by atoms with Crippen molar-refractivity contribution in [3.63, 3.8) is 0 Å². The molecule has 12 heteroatoms. The van der Waals surface area contributed by atoms with Crippen molar-refractivity contribution in [1.82, 2.24) is 15.2 Å². The van der Waals surface area contributed by atoms with Gasteiger partial charge in [0.2, 0.25) is 0 Å². The normalized spacial score (nSPS) is 23.7. The van der Waals surface area contributed by atoms with Crippen LogP contribution in [0.25, 0.3) is 0 Å². The Labute approximate surface area is 203 Å². The van der Waals surface area contributed by atoms with Crippen molar-refractivity contribution in [3.05, 3.63) is 76.8 Å². The van der Waals surface area contributed by atoms with Gasteiger partial charge in [0.15, 0.2) is 5.84 Å². The number of amidine groups is 1. The Kier molecular flexibility index (Phi) is 6.56. The summed E-state index contributed by atoms with van der Waals surface area (Å²) in [6, 6.07) is 6.15. The second-order valence-electron chi connectivity index (χ2n) is 8.69. The van der Waals surface area contributed by atoms with Crippen LogP contribution >= 0.6 is 0 Å². The number of halogens is 4. The smallest absolute Gasteiger partial charge is 0.336 e. The molecule has 0 amide bonds. The maximum absolute atomic E-state index is 14.3. The molecule has 2 aliphatic rings. The molecule has 36 heavy (non-hydrogen) atoms. The molecule has 2 aromatic rings. The quantitative estimate of drug-likeness (QED) is 0.459. The molecule has 0 radical (unpaired) electrons. The van der Waals surface area contributed by atoms with Gasteiger partial charge in [0.05, 0.1) is 25.4 Å². The molecule has 8 nitrogen and oxygen atoms in total. The van der Waals surface area contributed by atoms with Gasteiger partial charge in [-0.2, -0.15) is 0 Å². The number of pyridine rings is 1. The van der Waals surface area contributed by atoms with Crippen LogP contribution in [-0.4, -0.2) is 64.9 Å². The number of aliphatic imine (C=N–C) groups is 1. The van der Waals surface area contributed by atoms with E-state index in [2.05, 4.69) is 20.0 Å². The number of nitrogens with one attached hydrogen (secondary N) is 1. The molecule has 0 saturated carbocycles. The monoisotopic (exact) mass is 506 g/mol. The van der Waals surface area contributed by atoms with Gasteiger partial charge in [0.25, 0.3) is 5.92 Å². The molecular formula is C24H22F4N4O4. The number of carbonyl (C=O) groups is 2. The Morgan fingerprint density at radius 1 is 1.17 bits per heavy atom. The summed E-state index contributed by atoms with van der Waals surface area (Å²) in [5.41, 5.74) is -1.48. The molecule has 190 valence electrons. The third-order valence-electron chi connectivity index (χ3n) is 6.19. The Balaban J connectivity index is 1.85. The summed E-state index contributed by atoms with van der Waals surface area (Å²) in [6.07, 6.45) is 0.157. The third kappa shape index (κ3) is 4.81. The van der Waals surface area contributed by atoms with Crippen molar-refractivity contribution in [2.45, 2.75) is 30.8 Å². The highest BCUT2D eigenvalue weighted by Gasteiger charge is 2.50. The van der Waals surface area contributed by atoms with Gasteiger partial charge in [-0.15, -0.1) is 0 Å². The van der Waals surface area contributed by atoms with Crippen molar-refractivity contribution in [3.8, 4) is 0 Å². The summed E-state index contributed by atoms with van der Waals surface area (Å²) in [7, 11) is 1.08. The zero-order valence-corrected chi connectivity index (χ0v) is 19.3. The number of esters is 1. The first-order chi connectivity index (χ1) is 16.9. The zero-order valence-electron chi connectivity index (χ0n) is 19.3. The van der Waals surface area contributed by atoms with Crippen molar-refractivity contribution in [2.24, 2.45) is 4.99 Å². The number of carboxylic acids is 1. The molecule has 4 rings (SSSR count). The molecule has 2 N–H and O–H groups in total. The minimum Gasteiger partial charge on any atom is -0.478 e. The van der Waals surface area contributed by atoms with Crippen LogP contribution in [0.3, 0.4) is 0 Å². The van der Waals surface area contributed by atoms with Crippen molar-refractivity contribution < 1.29 is 37.0 Å². The Morgan fingerprint density at radius 3 is 2.42 bits per heavy atom. The van der Waals surface area contributed by atoms with Crippen LogP contribution in [0.2, 0.25) is 0 Å². The zero-order chi connectivity index (χ0) is 26.3. The van der Waals surface area contributed by atoms with E-state index in [-0.39, 0.29) is 22.8 Å². The van der Waals surface area contributed by atoms with E-state index >= 15 is 0 Å². The highest BCUT2D eigenvalue weighted by Crippen LogP contribution is 2.40. The average Bonchev–Trinajstić information content (AvgIpc) is 3.12. The predicted octanol–water partition coefficient (Wildman–Crippen LogP) is 2.85. The fourth-order valence-electron chi connectivity index (χ4n) is 4.50. The number of benzene rings is 1. The number of hydrogen-bond donors (Lipinski definition) is 2. The topological polar surface area (TPSA) is 104 Å². The van der Waals surface area contributed by atoms with Crippen molar-refractivity contribution in [2.75, 3.05) is 20.2 Å². The molecule has 0 aliphatic carbocycles. The number of carbonyl (C=O) groups excluding carboxylic acids is 1. The molecule has 2 atom stereocenters. The van der Waals surface area contributed by atoms with Crippen LogP contribution in [0, 0.1) is 11.6 Å². The van der Waals surface area contributed by atoms with Gasteiger partial charge in [-0.05, 0) is 36.8 Å². The summed E-state index contributed by atoms with van der Waals surface area (Å²) >= 11 is 0. The Bertz CT molecular complexity index is 1250. The van der Waals surface area contributed by atoms with Crippen LogP contribution in [0.1, 0.15) is 24.6 Å². The highest BCUT2D eigenvalue weighted by atomic mass is 19.3. The van der Waals surface area contributed by atoms with Gasteiger partial charge < -0.3 is 15.2 Å². The number of likely N-dealkylation sites (tertiary alicyclic amines) is 1. The van der Waals surface area contributed by atoms with Crippen LogP contribution < -0.4 is 5.32 Å². The number of nitrogens with zero attached hydrogens (tertiary/aromatic N) is 3. The lowest BCUT2D eigenvalue weighted by Gasteiger charge is -2.36. The molecule has 0 spiro atoms. The van der Waals surface area contributed by atoms with Gasteiger partial charge in [0.1, 0.15) is 28.9 Å². The third-order valence-corrected chi connectivity index (χ3v) is 6.19. The van der Waals surface area contributed by atoms with Gasteiger partial charge in [0, 0.05) is 18.7 Å². The van der Waals surface area contributed by atoms with Gasteiger partial charge >= 0.3 is 11.9 Å². The van der Waals surface area contributed by atoms with E-state index in [0.717, 1.165) is 36.4 Å². The molecule has 1 fully saturated rings. The van der Waals surface area contributed by atoms with Crippen molar-refractivity contribution >= 4 is 17.8 Å². The van der Waals surface area contributed by atoms with Crippen molar-refractivity contribution in [1.29, 1.82) is 0 Å². The van der Waals surface area contributed by atoms with E-state index in [4.69, 9.17) is 0 Å². The number of hydrogen-bond acceptors (Lipinski definition) is 7. The van der Waals surface area contributed by atoms with Crippen LogP contribution in [0.5, 0.6) is 0 Å². The number of ether oxygens (including phenoxy) is 1. The molecule has 0 bridgehead atoms. The maximum atomic E-state index is 14.3. The molecule has 1 saturated heterocycles. The standard InChI is InChI=1S/C24H22F4N4O4/c1-23(13-3-5-14(25)6-4-13)19(21(33)34)17(30-20(31-23)16-8-7-15(26)10-29-16)11-32-12-24(27,28)9-18(32)22(35)36-2/h3-8,10,18H,9,11-12H2,1-2H3,(H,30,31)(H,33,34). The fourth-order valence-corrected chi connectivity index (χ4v) is 4.50. The SMILES string of the molecule is COC(=O)C1CC(F)(F)CN1CC1=C(C(=O)O)C(C)(c2ccc(F)cc2)N=C(c2ccc(F)cn2)N1. The van der Waals surface area contributed by atoms with E-state index in [0.29, 0.717) is 5.56 Å². The van der Waals surface area contributed by atoms with Gasteiger partial charge in [-0.1, -0.05) is 12.1 Å². The maximum Gasteiger partial charge on any atom is 0.336 e. The number of aliphatic carboxylic acids is 1. The van der Waals surface area contributed by atoms with Crippen LogP contribution in [-0.2, 0) is 19.9 Å². The van der Waals surface area contributed by atoms with Crippen LogP contribution in [0.4, 0.5) is 17.6 Å². The average molecular weight is 506 g/mol. The predicted molar refractivity (Wildman–Crippen MR) is 119 cm³/mol. The van der Waals surface area contributed by atoms with Crippen LogP contribution in [0.15, 0.2) is 58.9 Å². The summed E-state index contributed by atoms with van der Waals surface area (Å²) in [5, 5.41) is 13.0. The molecule has 1 aromatic heterocycles. The second kappa shape index (κ2) is 9.34. The summed E-state index contributed by atoms with van der Waals surface area (Å²) in [4.78, 5) is 34.4. The summed E-state index contributed by atoms with van der Waals surface area (Å²) in [6.45, 7) is 0.276. The molecule has 2 unspecified atom stereocenters. The minimum absolute atomic E-state index is 0.0305. The molecule has 3 heterocycles. The Morgan fingerprint density at radius 2 is 1.83 bits per heavy atom. The molecule has 1 aromatic carbocycles. The summed E-state index contributed by atoms with van der Waals surface area (Å²) < 4.78 is 60.4. The lowest BCUT2D eigenvalue weighted by Crippen LogP contribution is -2.47. The highest BCUT2D eigenvalue weighted by molar-refractivity contribution is 6.03. The number of rotatable bonds is 6. The second-order valence-corrected chi connectivity index (χ2v) is 8.69. The summed E-state index contributed by atoms with van der Waals surface area (Å²) in [5.74, 6) is -6.61. The largest absolute Gasteiger partial charge is 0.478 e. The van der Waals surface area contributed by atoms with Gasteiger partial charge in [-0.25, -0.2) is 32.3 Å². The lowest BCUT2D eigenvalue weighted by atomic mass is 9.82. The number of alkyl halides is 2. The van der Waals surface area contributed by atoms with E-state index in [9.17, 15) is 32.3 Å². The number of carboxylic acid groups (broad SMARTS) is 1. The molecular weight excluding hydrogens is 484 g/mol. The lowest BCUT2D eigenvalue weighted by molar-refractivity contribution is -0.146. The number of aromatic nitrogens is 1. The first kappa shape index (κ1) is 25.3. The number of methoxy groups -OCH3 is 1. The van der Waals surface area contributed by atoms with E-state index in [1.54, 1.807) is 0 Å². The minimum atomic E-state index is -3.20. The fraction of sp³-hybridized carbons (Fsp3) is 0.333. The van der Waals surface area contributed by atoms with E-state index in [1.165, 1.54) is 25.1 Å². The molecule has 2 aliphatic heterocycles. The Hall–Kier alpha value is -3.80. The first-order valence-corrected chi connectivity index (χ1v) is 10.8. The van der Waals surface area contributed by atoms with E-state index in [1.807, 2.05) is 0 Å².